The highest BCUT2D eigenvalue weighted by molar-refractivity contribution is 5.95. The number of anilines is 1. The predicted molar refractivity (Wildman–Crippen MR) is 123 cm³/mol. The second-order valence-corrected chi connectivity index (χ2v) is 7.26. The van der Waals surface area contributed by atoms with Crippen LogP contribution >= 0.6 is 0 Å². The van der Waals surface area contributed by atoms with Crippen LogP contribution in [0, 0.1) is 0 Å². The number of hydrogen-bond acceptors (Lipinski definition) is 4. The molecule has 31 heavy (non-hydrogen) atoms. The number of rotatable bonds is 6. The van der Waals surface area contributed by atoms with Gasteiger partial charge in [0, 0.05) is 35.6 Å². The minimum Gasteiger partial charge on any atom is -0.311 e. The van der Waals surface area contributed by atoms with Gasteiger partial charge < -0.3 is 4.90 Å². The van der Waals surface area contributed by atoms with Crippen molar-refractivity contribution in [2.24, 2.45) is 0 Å². The quantitative estimate of drug-likeness (QED) is 0.479. The van der Waals surface area contributed by atoms with Crippen LogP contribution in [-0.2, 0) is 17.8 Å². The van der Waals surface area contributed by atoms with Crippen LogP contribution < -0.4 is 10.5 Å². The van der Waals surface area contributed by atoms with Crippen molar-refractivity contribution < 1.29 is 4.79 Å². The van der Waals surface area contributed by atoms with Crippen LogP contribution in [0.15, 0.2) is 77.9 Å². The highest BCUT2D eigenvalue weighted by Crippen LogP contribution is 2.24. The Morgan fingerprint density at radius 2 is 1.71 bits per heavy atom. The zero-order chi connectivity index (χ0) is 21.8. The number of benzene rings is 2. The van der Waals surface area contributed by atoms with E-state index in [-0.39, 0.29) is 18.0 Å². The maximum Gasteiger partial charge on any atom is 0.275 e. The number of amides is 1. The smallest absolute Gasteiger partial charge is 0.275 e. The maximum absolute atomic E-state index is 13.1. The van der Waals surface area contributed by atoms with Crippen molar-refractivity contribution in [1.29, 1.82) is 0 Å². The van der Waals surface area contributed by atoms with Crippen molar-refractivity contribution in [2.75, 3.05) is 11.4 Å². The van der Waals surface area contributed by atoms with E-state index in [9.17, 15) is 9.59 Å². The molecule has 2 heterocycles. The van der Waals surface area contributed by atoms with E-state index >= 15 is 0 Å². The van der Waals surface area contributed by atoms with Crippen LogP contribution in [0.2, 0.25) is 0 Å². The first-order chi connectivity index (χ1) is 15.1. The van der Waals surface area contributed by atoms with Crippen LogP contribution in [-0.4, -0.2) is 27.2 Å². The van der Waals surface area contributed by atoms with Crippen molar-refractivity contribution >= 4 is 22.4 Å². The molecule has 2 aromatic carbocycles. The van der Waals surface area contributed by atoms with Crippen molar-refractivity contribution in [3.63, 3.8) is 0 Å². The topological polar surface area (TPSA) is 68.1 Å². The van der Waals surface area contributed by atoms with Gasteiger partial charge in [0.05, 0.1) is 5.39 Å². The third-order valence-corrected chi connectivity index (χ3v) is 5.36. The fourth-order valence-corrected chi connectivity index (χ4v) is 3.69. The first-order valence-corrected chi connectivity index (χ1v) is 10.4. The van der Waals surface area contributed by atoms with E-state index in [0.29, 0.717) is 17.6 Å². The number of nitrogens with zero attached hydrogens (tertiary/aromatic N) is 4. The predicted octanol–water partition coefficient (Wildman–Crippen LogP) is 4.07. The molecule has 0 aliphatic rings. The monoisotopic (exact) mass is 412 g/mol. The summed E-state index contributed by atoms with van der Waals surface area (Å²) in [5.74, 6) is -0.186. The Morgan fingerprint density at radius 1 is 0.968 bits per heavy atom. The molecule has 1 amide bonds. The minimum atomic E-state index is -0.283. The summed E-state index contributed by atoms with van der Waals surface area (Å²) in [6.07, 6.45) is 4.33. The highest BCUT2D eigenvalue weighted by atomic mass is 16.2. The van der Waals surface area contributed by atoms with E-state index in [2.05, 4.69) is 17.0 Å². The molecule has 0 spiro atoms. The molecule has 156 valence electrons. The van der Waals surface area contributed by atoms with Gasteiger partial charge in [0.15, 0.2) is 0 Å². The summed E-state index contributed by atoms with van der Waals surface area (Å²) < 4.78 is 1.26. The Balaban J connectivity index is 1.74. The third kappa shape index (κ3) is 4.10. The van der Waals surface area contributed by atoms with Crippen molar-refractivity contribution in [1.82, 2.24) is 14.8 Å². The summed E-state index contributed by atoms with van der Waals surface area (Å²) in [4.78, 5) is 32.1. The summed E-state index contributed by atoms with van der Waals surface area (Å²) in [7, 11) is 0. The van der Waals surface area contributed by atoms with Crippen LogP contribution in [0.4, 0.5) is 5.69 Å². The number of pyridine rings is 1. The van der Waals surface area contributed by atoms with Gasteiger partial charge in [-0.15, -0.1) is 0 Å². The lowest BCUT2D eigenvalue weighted by Crippen LogP contribution is -2.37. The fourth-order valence-electron chi connectivity index (χ4n) is 3.69. The molecule has 0 bridgehead atoms. The summed E-state index contributed by atoms with van der Waals surface area (Å²) in [6.45, 7) is 4.38. The van der Waals surface area contributed by atoms with E-state index in [1.54, 1.807) is 23.4 Å². The molecule has 0 fully saturated rings. The largest absolute Gasteiger partial charge is 0.311 e. The average molecular weight is 412 g/mol. The molecule has 4 aromatic rings. The molecule has 0 saturated carbocycles. The third-order valence-electron chi connectivity index (χ3n) is 5.36. The van der Waals surface area contributed by atoms with E-state index in [1.165, 1.54) is 10.2 Å². The van der Waals surface area contributed by atoms with E-state index in [4.69, 9.17) is 0 Å². The molecule has 6 heteroatoms. The van der Waals surface area contributed by atoms with Gasteiger partial charge in [-0.05, 0) is 49.2 Å². The first kappa shape index (κ1) is 20.5. The van der Waals surface area contributed by atoms with Crippen molar-refractivity contribution in [3.8, 4) is 11.3 Å². The minimum absolute atomic E-state index is 0.139. The van der Waals surface area contributed by atoms with Gasteiger partial charge in [-0.25, -0.2) is 4.68 Å². The molecule has 0 aliphatic carbocycles. The molecular formula is C25H24N4O2. The van der Waals surface area contributed by atoms with Gasteiger partial charge in [0.2, 0.25) is 5.91 Å². The first-order valence-electron chi connectivity index (χ1n) is 10.4. The van der Waals surface area contributed by atoms with Gasteiger partial charge in [0.1, 0.15) is 12.2 Å². The Morgan fingerprint density at radius 3 is 2.35 bits per heavy atom. The molecule has 4 rings (SSSR count). The Kier molecular flexibility index (Phi) is 5.89. The Labute approximate surface area is 180 Å². The van der Waals surface area contributed by atoms with Gasteiger partial charge in [-0.2, -0.15) is 5.10 Å². The lowest BCUT2D eigenvalue weighted by atomic mass is 10.1. The van der Waals surface area contributed by atoms with Crippen molar-refractivity contribution in [2.45, 2.75) is 26.8 Å². The molecule has 0 saturated heterocycles. The number of hydrogen-bond donors (Lipinski definition) is 0. The van der Waals surface area contributed by atoms with E-state index < -0.39 is 0 Å². The van der Waals surface area contributed by atoms with Gasteiger partial charge in [0.25, 0.3) is 5.56 Å². The van der Waals surface area contributed by atoms with Crippen LogP contribution in [0.1, 0.15) is 19.4 Å². The summed E-state index contributed by atoms with van der Waals surface area (Å²) in [6, 6.07) is 19.0. The van der Waals surface area contributed by atoms with Crippen LogP contribution in [0.3, 0.4) is 0 Å². The number of aromatic nitrogens is 3. The highest BCUT2D eigenvalue weighted by Gasteiger charge is 2.18. The summed E-state index contributed by atoms with van der Waals surface area (Å²) >= 11 is 0. The summed E-state index contributed by atoms with van der Waals surface area (Å²) in [5.41, 5.74) is 3.16. The number of fused-ring (bicyclic) bond motifs is 1. The second-order valence-electron chi connectivity index (χ2n) is 7.26. The van der Waals surface area contributed by atoms with E-state index in [0.717, 1.165) is 23.1 Å². The molecule has 0 N–H and O–H groups in total. The number of likely N-dealkylation sites (N-methyl/N-ethyl adjacent to an activating group) is 1. The molecular weight excluding hydrogens is 388 g/mol. The molecule has 0 atom stereocenters. The molecule has 0 unspecified atom stereocenters. The summed E-state index contributed by atoms with van der Waals surface area (Å²) in [5, 5.41) is 5.83. The van der Waals surface area contributed by atoms with Crippen LogP contribution in [0.5, 0.6) is 0 Å². The molecule has 0 radical (unpaired) electrons. The maximum atomic E-state index is 13.1. The van der Waals surface area contributed by atoms with Gasteiger partial charge >= 0.3 is 0 Å². The number of aryl methyl sites for hydroxylation is 1. The van der Waals surface area contributed by atoms with Crippen LogP contribution in [0.25, 0.3) is 22.0 Å². The number of carbonyl (C=O) groups is 1. The average Bonchev–Trinajstić information content (AvgIpc) is 2.82. The van der Waals surface area contributed by atoms with E-state index in [1.807, 2.05) is 61.5 Å². The molecule has 2 aromatic heterocycles. The SMILES string of the molecule is CCc1ccc(N(CC)C(=O)Cn2nc(-c3cccnc3)c3ccccc3c2=O)cc1. The number of carbonyl (C=O) groups excluding carboxylic acids is 1. The zero-order valence-electron chi connectivity index (χ0n) is 17.7. The standard InChI is InChI=1S/C25H24N4O2/c1-3-18-11-13-20(14-12-18)28(4-2)23(30)17-29-25(31)22-10-6-5-9-21(22)24(27-29)19-8-7-15-26-16-19/h5-16H,3-4,17H2,1-2H3. The lowest BCUT2D eigenvalue weighted by Gasteiger charge is -2.22. The zero-order valence-corrected chi connectivity index (χ0v) is 17.7. The molecule has 0 aliphatic heterocycles. The molecule has 6 nitrogen and oxygen atoms in total. The van der Waals surface area contributed by atoms with Gasteiger partial charge in [-0.1, -0.05) is 37.3 Å². The Hall–Kier alpha value is -3.80. The lowest BCUT2D eigenvalue weighted by molar-refractivity contribution is -0.119. The van der Waals surface area contributed by atoms with Crippen molar-refractivity contribution in [3.05, 3.63) is 89.0 Å². The second kappa shape index (κ2) is 8.92. The fraction of sp³-hybridized carbons (Fsp3) is 0.200. The Bertz CT molecular complexity index is 1260. The van der Waals surface area contributed by atoms with Gasteiger partial charge in [-0.3, -0.25) is 14.6 Å². The normalized spacial score (nSPS) is 10.9.